The average molecular weight is 312 g/mol. The first-order chi connectivity index (χ1) is 9.97. The number of primary sulfonamides is 1. The highest BCUT2D eigenvalue weighted by atomic mass is 32.2. The van der Waals surface area contributed by atoms with E-state index >= 15 is 0 Å². The van der Waals surface area contributed by atoms with Crippen LogP contribution < -0.4 is 15.8 Å². The van der Waals surface area contributed by atoms with Crippen molar-refractivity contribution in [3.05, 3.63) is 29.8 Å². The zero-order valence-corrected chi connectivity index (χ0v) is 13.4. The van der Waals surface area contributed by atoms with E-state index < -0.39 is 10.0 Å². The number of nitrogens with one attached hydrogen (secondary N) is 2. The van der Waals surface area contributed by atoms with Crippen LogP contribution in [-0.2, 0) is 16.6 Å². The predicted octanol–water partition coefficient (Wildman–Crippen LogP) is 1.19. The van der Waals surface area contributed by atoms with E-state index in [-0.39, 0.29) is 4.90 Å². The van der Waals surface area contributed by atoms with Gasteiger partial charge in [-0.15, -0.1) is 0 Å². The number of benzene rings is 1. The summed E-state index contributed by atoms with van der Waals surface area (Å²) in [6, 6.07) is 6.53. The number of aliphatic imine (C=N–C) groups is 1. The minimum Gasteiger partial charge on any atom is -0.357 e. The summed E-state index contributed by atoms with van der Waals surface area (Å²) in [5.41, 5.74) is 0.800. The van der Waals surface area contributed by atoms with Gasteiger partial charge in [-0.2, -0.15) is 0 Å². The molecule has 118 valence electrons. The molecule has 7 heteroatoms. The van der Waals surface area contributed by atoms with Gasteiger partial charge in [0.2, 0.25) is 10.0 Å². The van der Waals surface area contributed by atoms with E-state index in [1.165, 1.54) is 6.07 Å². The van der Waals surface area contributed by atoms with Crippen LogP contribution in [0.25, 0.3) is 0 Å². The molecular weight excluding hydrogens is 288 g/mol. The summed E-state index contributed by atoms with van der Waals surface area (Å²) in [6.45, 7) is 6.16. The molecule has 0 aromatic heterocycles. The maximum Gasteiger partial charge on any atom is 0.238 e. The number of rotatable bonds is 7. The van der Waals surface area contributed by atoms with Crippen LogP contribution in [0, 0.1) is 0 Å². The van der Waals surface area contributed by atoms with Crippen LogP contribution in [0.2, 0.25) is 0 Å². The first-order valence-electron chi connectivity index (χ1n) is 7.11. The van der Waals surface area contributed by atoms with Gasteiger partial charge in [-0.25, -0.2) is 18.5 Å². The molecule has 0 saturated carbocycles. The van der Waals surface area contributed by atoms with Gasteiger partial charge in [-0.1, -0.05) is 25.5 Å². The highest BCUT2D eigenvalue weighted by Gasteiger charge is 2.07. The van der Waals surface area contributed by atoms with Crippen molar-refractivity contribution in [1.29, 1.82) is 0 Å². The van der Waals surface area contributed by atoms with Crippen LogP contribution in [0.15, 0.2) is 34.2 Å². The molecule has 0 aliphatic carbocycles. The number of nitrogens with zero attached hydrogens (tertiary/aromatic N) is 1. The average Bonchev–Trinajstić information content (AvgIpc) is 2.44. The molecule has 0 amide bonds. The molecular formula is C14H24N4O2S. The molecule has 0 spiro atoms. The monoisotopic (exact) mass is 312 g/mol. The Morgan fingerprint density at radius 1 is 1.29 bits per heavy atom. The number of guanidine groups is 1. The van der Waals surface area contributed by atoms with E-state index in [4.69, 9.17) is 5.14 Å². The second-order valence-corrected chi connectivity index (χ2v) is 6.23. The topological polar surface area (TPSA) is 96.6 Å². The summed E-state index contributed by atoms with van der Waals surface area (Å²) < 4.78 is 22.6. The highest BCUT2D eigenvalue weighted by molar-refractivity contribution is 7.89. The highest BCUT2D eigenvalue weighted by Crippen LogP contribution is 2.10. The third-order valence-corrected chi connectivity index (χ3v) is 3.72. The number of hydrogen-bond donors (Lipinski definition) is 3. The Labute approximate surface area is 126 Å². The van der Waals surface area contributed by atoms with Gasteiger partial charge < -0.3 is 10.6 Å². The van der Waals surface area contributed by atoms with Gasteiger partial charge in [0.05, 0.1) is 11.4 Å². The fraction of sp³-hybridized carbons (Fsp3) is 0.500. The maximum atomic E-state index is 11.3. The summed E-state index contributed by atoms with van der Waals surface area (Å²) in [4.78, 5) is 4.55. The molecule has 0 atom stereocenters. The van der Waals surface area contributed by atoms with Crippen LogP contribution >= 0.6 is 0 Å². The molecule has 0 radical (unpaired) electrons. The minimum atomic E-state index is -3.67. The molecule has 21 heavy (non-hydrogen) atoms. The fourth-order valence-electron chi connectivity index (χ4n) is 1.72. The summed E-state index contributed by atoms with van der Waals surface area (Å²) in [5.74, 6) is 0.729. The van der Waals surface area contributed by atoms with Crippen molar-refractivity contribution in [1.82, 2.24) is 10.6 Å². The van der Waals surface area contributed by atoms with Gasteiger partial charge in [-0.3, -0.25) is 0 Å². The van der Waals surface area contributed by atoms with Gasteiger partial charge >= 0.3 is 0 Å². The van der Waals surface area contributed by atoms with E-state index in [9.17, 15) is 8.42 Å². The molecule has 0 fully saturated rings. The number of nitrogens with two attached hydrogens (primary N) is 1. The van der Waals surface area contributed by atoms with E-state index in [0.29, 0.717) is 6.54 Å². The zero-order valence-electron chi connectivity index (χ0n) is 12.6. The smallest absolute Gasteiger partial charge is 0.238 e. The van der Waals surface area contributed by atoms with E-state index in [2.05, 4.69) is 22.5 Å². The molecule has 0 aliphatic heterocycles. The summed E-state index contributed by atoms with van der Waals surface area (Å²) in [5, 5.41) is 11.5. The molecule has 0 aliphatic rings. The van der Waals surface area contributed by atoms with Gasteiger partial charge in [-0.05, 0) is 31.0 Å². The second kappa shape index (κ2) is 8.63. The molecule has 1 aromatic rings. The van der Waals surface area contributed by atoms with Crippen molar-refractivity contribution >= 4 is 16.0 Å². The van der Waals surface area contributed by atoms with Gasteiger partial charge in [0.1, 0.15) is 0 Å². The Morgan fingerprint density at radius 3 is 2.67 bits per heavy atom. The van der Waals surface area contributed by atoms with Crippen molar-refractivity contribution in [2.75, 3.05) is 13.1 Å². The maximum absolute atomic E-state index is 11.3. The van der Waals surface area contributed by atoms with E-state index in [0.717, 1.165) is 37.5 Å². The third-order valence-electron chi connectivity index (χ3n) is 2.81. The van der Waals surface area contributed by atoms with Crippen molar-refractivity contribution in [3.8, 4) is 0 Å². The van der Waals surface area contributed by atoms with Crippen molar-refractivity contribution in [3.63, 3.8) is 0 Å². The number of hydrogen-bond acceptors (Lipinski definition) is 3. The molecule has 1 rings (SSSR count). The van der Waals surface area contributed by atoms with E-state index in [1.807, 2.05) is 13.0 Å². The van der Waals surface area contributed by atoms with E-state index in [1.54, 1.807) is 12.1 Å². The minimum absolute atomic E-state index is 0.110. The largest absolute Gasteiger partial charge is 0.357 e. The number of sulfonamides is 1. The number of unbranched alkanes of at least 4 members (excludes halogenated alkanes) is 1. The molecule has 0 bridgehead atoms. The lowest BCUT2D eigenvalue weighted by molar-refractivity contribution is 0.597. The van der Waals surface area contributed by atoms with Crippen LogP contribution in [0.1, 0.15) is 32.3 Å². The first-order valence-corrected chi connectivity index (χ1v) is 8.66. The van der Waals surface area contributed by atoms with Crippen molar-refractivity contribution in [2.45, 2.75) is 38.1 Å². The Balaban J connectivity index is 2.75. The molecule has 4 N–H and O–H groups in total. The Hall–Kier alpha value is -1.60. The lowest BCUT2D eigenvalue weighted by Gasteiger charge is -2.10. The summed E-state index contributed by atoms with van der Waals surface area (Å²) >= 11 is 0. The van der Waals surface area contributed by atoms with Crippen LogP contribution in [0.5, 0.6) is 0 Å². The Bertz CT molecular complexity index is 570. The van der Waals surface area contributed by atoms with Gasteiger partial charge in [0.15, 0.2) is 5.96 Å². The Morgan fingerprint density at radius 2 is 2.05 bits per heavy atom. The summed E-state index contributed by atoms with van der Waals surface area (Å²) in [6.07, 6.45) is 2.19. The fourth-order valence-corrected chi connectivity index (χ4v) is 2.30. The third kappa shape index (κ3) is 6.59. The van der Waals surface area contributed by atoms with Gasteiger partial charge in [0.25, 0.3) is 0 Å². The quantitative estimate of drug-likeness (QED) is 0.400. The SMILES string of the molecule is CCCCNC(=NCc1cccc(S(N)(=O)=O)c1)NCC. The first kappa shape index (κ1) is 17.5. The lowest BCUT2D eigenvalue weighted by atomic mass is 10.2. The normalized spacial score (nSPS) is 12.2. The predicted molar refractivity (Wildman–Crippen MR) is 85.5 cm³/mol. The van der Waals surface area contributed by atoms with Crippen LogP contribution in [0.4, 0.5) is 0 Å². The standard InChI is InChI=1S/C14H24N4O2S/c1-3-5-9-17-14(16-4-2)18-11-12-7-6-8-13(10-12)21(15,19)20/h6-8,10H,3-5,9,11H2,1-2H3,(H2,15,19,20)(H2,16,17,18). The van der Waals surface area contributed by atoms with Gasteiger partial charge in [0, 0.05) is 13.1 Å². The molecule has 0 unspecified atom stereocenters. The zero-order chi connectivity index (χ0) is 15.7. The lowest BCUT2D eigenvalue weighted by Crippen LogP contribution is -2.37. The molecule has 1 aromatic carbocycles. The molecule has 0 saturated heterocycles. The van der Waals surface area contributed by atoms with Crippen molar-refractivity contribution in [2.24, 2.45) is 10.1 Å². The van der Waals surface area contributed by atoms with Crippen LogP contribution in [0.3, 0.4) is 0 Å². The van der Waals surface area contributed by atoms with Crippen molar-refractivity contribution < 1.29 is 8.42 Å². The summed E-state index contributed by atoms with van der Waals surface area (Å²) in [7, 11) is -3.67. The molecule has 6 nitrogen and oxygen atoms in total. The Kier molecular flexibility index (Phi) is 7.18. The molecule has 0 heterocycles. The van der Waals surface area contributed by atoms with Crippen LogP contribution in [-0.4, -0.2) is 27.5 Å². The second-order valence-electron chi connectivity index (χ2n) is 4.67.